The van der Waals surface area contributed by atoms with Crippen LogP contribution >= 0.6 is 0 Å². The van der Waals surface area contributed by atoms with Crippen LogP contribution in [0.5, 0.6) is 0 Å². The molecule has 3 heteroatoms. The van der Waals surface area contributed by atoms with E-state index in [2.05, 4.69) is 11.9 Å². The molecule has 0 bridgehead atoms. The SMILES string of the molecule is CC1CCCC1C(N)Cc1nc2ccccc2o1. The number of oxazole rings is 1. The molecule has 0 aliphatic heterocycles. The summed E-state index contributed by atoms with van der Waals surface area (Å²) in [5.74, 6) is 2.15. The summed E-state index contributed by atoms with van der Waals surface area (Å²) in [6, 6.07) is 8.06. The summed E-state index contributed by atoms with van der Waals surface area (Å²) in [6.45, 7) is 2.31. The van der Waals surface area contributed by atoms with Crippen molar-refractivity contribution >= 4 is 11.1 Å². The molecule has 3 unspecified atom stereocenters. The van der Waals surface area contributed by atoms with Gasteiger partial charge < -0.3 is 10.2 Å². The Morgan fingerprint density at radius 1 is 1.39 bits per heavy atom. The van der Waals surface area contributed by atoms with Crippen LogP contribution in [-0.2, 0) is 6.42 Å². The van der Waals surface area contributed by atoms with E-state index in [4.69, 9.17) is 10.2 Å². The van der Waals surface area contributed by atoms with Crippen LogP contribution < -0.4 is 5.73 Å². The van der Waals surface area contributed by atoms with Crippen LogP contribution in [0.2, 0.25) is 0 Å². The van der Waals surface area contributed by atoms with Gasteiger partial charge in [0.25, 0.3) is 0 Å². The average molecular weight is 244 g/mol. The van der Waals surface area contributed by atoms with E-state index in [0.717, 1.165) is 29.3 Å². The maximum atomic E-state index is 6.32. The van der Waals surface area contributed by atoms with E-state index in [1.165, 1.54) is 19.3 Å². The molecule has 18 heavy (non-hydrogen) atoms. The number of nitrogens with two attached hydrogens (primary N) is 1. The summed E-state index contributed by atoms with van der Waals surface area (Å²) in [6.07, 6.45) is 4.63. The Bertz CT molecular complexity index is 501. The second kappa shape index (κ2) is 4.73. The molecule has 1 saturated carbocycles. The van der Waals surface area contributed by atoms with Gasteiger partial charge in [0.15, 0.2) is 11.5 Å². The Hall–Kier alpha value is -1.35. The van der Waals surface area contributed by atoms with Gasteiger partial charge in [0.1, 0.15) is 5.52 Å². The molecule has 96 valence electrons. The van der Waals surface area contributed by atoms with Gasteiger partial charge in [-0.3, -0.25) is 0 Å². The summed E-state index contributed by atoms with van der Waals surface area (Å²) in [5, 5.41) is 0. The molecule has 1 aliphatic carbocycles. The molecule has 3 rings (SSSR count). The Morgan fingerprint density at radius 2 is 2.22 bits per heavy atom. The lowest BCUT2D eigenvalue weighted by atomic mass is 9.89. The van der Waals surface area contributed by atoms with E-state index in [-0.39, 0.29) is 6.04 Å². The van der Waals surface area contributed by atoms with Crippen molar-refractivity contribution in [2.24, 2.45) is 17.6 Å². The number of hydrogen-bond acceptors (Lipinski definition) is 3. The normalized spacial score (nSPS) is 25.7. The zero-order valence-electron chi connectivity index (χ0n) is 10.8. The molecular weight excluding hydrogens is 224 g/mol. The first-order valence-electron chi connectivity index (χ1n) is 6.84. The lowest BCUT2D eigenvalue weighted by Gasteiger charge is -2.21. The molecule has 3 atom stereocenters. The van der Waals surface area contributed by atoms with Gasteiger partial charge in [-0.25, -0.2) is 4.98 Å². The highest BCUT2D eigenvalue weighted by Crippen LogP contribution is 2.34. The number of rotatable bonds is 3. The Labute approximate surface area is 107 Å². The third-order valence-corrected chi connectivity index (χ3v) is 4.23. The number of para-hydroxylation sites is 2. The van der Waals surface area contributed by atoms with Gasteiger partial charge in [-0.05, 0) is 30.4 Å². The van der Waals surface area contributed by atoms with Crippen LogP contribution in [-0.4, -0.2) is 11.0 Å². The van der Waals surface area contributed by atoms with E-state index in [1.54, 1.807) is 0 Å². The summed E-state index contributed by atoms with van der Waals surface area (Å²) in [5.41, 5.74) is 8.11. The van der Waals surface area contributed by atoms with Crippen molar-refractivity contribution in [3.05, 3.63) is 30.2 Å². The minimum atomic E-state index is 0.176. The molecule has 0 amide bonds. The fourth-order valence-corrected chi connectivity index (χ4v) is 3.17. The first kappa shape index (κ1) is 11.7. The van der Waals surface area contributed by atoms with Gasteiger partial charge in [0.05, 0.1) is 0 Å². The summed E-state index contributed by atoms with van der Waals surface area (Å²) >= 11 is 0. The molecule has 3 nitrogen and oxygen atoms in total. The number of nitrogens with zero attached hydrogens (tertiary/aromatic N) is 1. The number of benzene rings is 1. The lowest BCUT2D eigenvalue weighted by molar-refractivity contribution is 0.327. The second-order valence-electron chi connectivity index (χ2n) is 5.52. The summed E-state index contributed by atoms with van der Waals surface area (Å²) in [4.78, 5) is 4.50. The van der Waals surface area contributed by atoms with E-state index in [0.29, 0.717) is 5.92 Å². The number of aromatic nitrogens is 1. The van der Waals surface area contributed by atoms with Crippen LogP contribution in [0.1, 0.15) is 32.1 Å². The van der Waals surface area contributed by atoms with Crippen LogP contribution in [0.15, 0.2) is 28.7 Å². The minimum Gasteiger partial charge on any atom is -0.441 e. The third kappa shape index (κ3) is 2.15. The Morgan fingerprint density at radius 3 is 2.94 bits per heavy atom. The molecule has 1 heterocycles. The highest BCUT2D eigenvalue weighted by molar-refractivity contribution is 5.72. The van der Waals surface area contributed by atoms with Crippen LogP contribution in [0.3, 0.4) is 0 Å². The fraction of sp³-hybridized carbons (Fsp3) is 0.533. The zero-order valence-corrected chi connectivity index (χ0v) is 10.8. The van der Waals surface area contributed by atoms with E-state index in [1.807, 2.05) is 24.3 Å². The first-order chi connectivity index (χ1) is 8.74. The highest BCUT2D eigenvalue weighted by atomic mass is 16.3. The van der Waals surface area contributed by atoms with E-state index >= 15 is 0 Å². The first-order valence-corrected chi connectivity index (χ1v) is 6.84. The smallest absolute Gasteiger partial charge is 0.197 e. The fourth-order valence-electron chi connectivity index (χ4n) is 3.17. The van der Waals surface area contributed by atoms with Crippen molar-refractivity contribution in [1.82, 2.24) is 4.98 Å². The van der Waals surface area contributed by atoms with Gasteiger partial charge in [-0.1, -0.05) is 31.9 Å². The predicted molar refractivity (Wildman–Crippen MR) is 72.2 cm³/mol. The third-order valence-electron chi connectivity index (χ3n) is 4.23. The number of fused-ring (bicyclic) bond motifs is 1. The summed E-state index contributed by atoms with van der Waals surface area (Å²) in [7, 11) is 0. The van der Waals surface area contributed by atoms with Crippen molar-refractivity contribution in [3.63, 3.8) is 0 Å². The average Bonchev–Trinajstić information content (AvgIpc) is 2.94. The predicted octanol–water partition coefficient (Wildman–Crippen LogP) is 3.13. The van der Waals surface area contributed by atoms with E-state index < -0.39 is 0 Å². The van der Waals surface area contributed by atoms with Crippen LogP contribution in [0, 0.1) is 11.8 Å². The molecule has 0 spiro atoms. The molecule has 1 aromatic heterocycles. The van der Waals surface area contributed by atoms with Crippen molar-refractivity contribution in [2.75, 3.05) is 0 Å². The van der Waals surface area contributed by atoms with Crippen molar-refractivity contribution in [1.29, 1.82) is 0 Å². The monoisotopic (exact) mass is 244 g/mol. The zero-order chi connectivity index (χ0) is 12.5. The molecule has 2 N–H and O–H groups in total. The second-order valence-corrected chi connectivity index (χ2v) is 5.52. The standard InChI is InChI=1S/C15H20N2O/c1-10-5-4-6-11(10)12(16)9-15-17-13-7-2-3-8-14(13)18-15/h2-3,7-8,10-12H,4-6,9,16H2,1H3. The Kier molecular flexibility index (Phi) is 3.08. The van der Waals surface area contributed by atoms with E-state index in [9.17, 15) is 0 Å². The van der Waals surface area contributed by atoms with Crippen molar-refractivity contribution < 1.29 is 4.42 Å². The molecule has 0 radical (unpaired) electrons. The van der Waals surface area contributed by atoms with Gasteiger partial charge in [0, 0.05) is 12.5 Å². The van der Waals surface area contributed by atoms with Gasteiger partial charge in [0.2, 0.25) is 0 Å². The topological polar surface area (TPSA) is 52.0 Å². The molecular formula is C15H20N2O. The number of hydrogen-bond donors (Lipinski definition) is 1. The lowest BCUT2D eigenvalue weighted by Crippen LogP contribution is -2.33. The van der Waals surface area contributed by atoms with Gasteiger partial charge >= 0.3 is 0 Å². The quantitative estimate of drug-likeness (QED) is 0.902. The van der Waals surface area contributed by atoms with Crippen molar-refractivity contribution in [2.45, 2.75) is 38.6 Å². The minimum absolute atomic E-state index is 0.176. The van der Waals surface area contributed by atoms with Crippen LogP contribution in [0.4, 0.5) is 0 Å². The van der Waals surface area contributed by atoms with Crippen molar-refractivity contribution in [3.8, 4) is 0 Å². The highest BCUT2D eigenvalue weighted by Gasteiger charge is 2.29. The van der Waals surface area contributed by atoms with Gasteiger partial charge in [-0.15, -0.1) is 0 Å². The maximum Gasteiger partial charge on any atom is 0.197 e. The summed E-state index contributed by atoms with van der Waals surface area (Å²) < 4.78 is 5.74. The molecule has 0 saturated heterocycles. The molecule has 2 aromatic rings. The molecule has 1 fully saturated rings. The largest absolute Gasteiger partial charge is 0.441 e. The molecule has 1 aliphatic rings. The Balaban J connectivity index is 1.75. The van der Waals surface area contributed by atoms with Gasteiger partial charge in [-0.2, -0.15) is 0 Å². The van der Waals surface area contributed by atoms with Crippen LogP contribution in [0.25, 0.3) is 11.1 Å². The maximum absolute atomic E-state index is 6.32. The molecule has 1 aromatic carbocycles.